The molecule has 2 rings (SSSR count). The summed E-state index contributed by atoms with van der Waals surface area (Å²) in [6.07, 6.45) is 4.53. The minimum absolute atomic E-state index is 0.686. The van der Waals surface area contributed by atoms with Crippen molar-refractivity contribution in [1.29, 1.82) is 0 Å². The van der Waals surface area contributed by atoms with Crippen LogP contribution in [-0.2, 0) is 19.5 Å². The lowest BCUT2D eigenvalue weighted by molar-refractivity contribution is 0.632. The Morgan fingerprint density at radius 3 is 2.95 bits per heavy atom. The number of rotatable bonds is 6. The minimum Gasteiger partial charge on any atom is -0.355 e. The first kappa shape index (κ1) is 15.4. The van der Waals surface area contributed by atoms with Gasteiger partial charge in [-0.05, 0) is 6.92 Å². The monoisotopic (exact) mass is 307 g/mol. The van der Waals surface area contributed by atoms with Gasteiger partial charge in [-0.15, -0.1) is 21.5 Å². The molecule has 0 aromatic carbocycles. The van der Waals surface area contributed by atoms with Crippen LogP contribution < -0.4 is 10.6 Å². The van der Waals surface area contributed by atoms with Crippen LogP contribution in [0.25, 0.3) is 0 Å². The molecule has 21 heavy (non-hydrogen) atoms. The molecule has 0 aliphatic heterocycles. The van der Waals surface area contributed by atoms with Crippen molar-refractivity contribution in [2.75, 3.05) is 13.6 Å². The van der Waals surface area contributed by atoms with Gasteiger partial charge in [-0.2, -0.15) is 0 Å². The van der Waals surface area contributed by atoms with Crippen molar-refractivity contribution in [3.8, 4) is 0 Å². The molecule has 0 aliphatic carbocycles. The number of nitrogens with one attached hydrogen (secondary N) is 2. The Bertz CT molecular complexity index is 587. The van der Waals surface area contributed by atoms with Crippen LogP contribution in [0.4, 0.5) is 0 Å². The van der Waals surface area contributed by atoms with Crippen LogP contribution in [-0.4, -0.2) is 39.3 Å². The molecular weight excluding hydrogens is 286 g/mol. The summed E-state index contributed by atoms with van der Waals surface area (Å²) in [5, 5.41) is 15.6. The van der Waals surface area contributed by atoms with E-state index in [9.17, 15) is 0 Å². The normalized spacial score (nSPS) is 11.7. The maximum atomic E-state index is 4.32. The van der Waals surface area contributed by atoms with Crippen molar-refractivity contribution >= 4 is 17.3 Å². The minimum atomic E-state index is 0.686. The van der Waals surface area contributed by atoms with Crippen molar-refractivity contribution in [2.45, 2.75) is 33.4 Å². The zero-order valence-electron chi connectivity index (χ0n) is 12.6. The molecule has 0 saturated heterocycles. The highest BCUT2D eigenvalue weighted by atomic mass is 32.1. The number of thiazole rings is 1. The van der Waals surface area contributed by atoms with Crippen molar-refractivity contribution in [1.82, 2.24) is 30.4 Å². The third kappa shape index (κ3) is 4.52. The third-order valence-electron chi connectivity index (χ3n) is 2.96. The van der Waals surface area contributed by atoms with Gasteiger partial charge in [0.2, 0.25) is 0 Å². The molecule has 7 nitrogen and oxygen atoms in total. The molecule has 0 aliphatic rings. The second kappa shape index (κ2) is 7.72. The van der Waals surface area contributed by atoms with E-state index in [0.717, 1.165) is 36.3 Å². The van der Waals surface area contributed by atoms with Gasteiger partial charge in [0.25, 0.3) is 0 Å². The van der Waals surface area contributed by atoms with E-state index >= 15 is 0 Å². The van der Waals surface area contributed by atoms with Gasteiger partial charge in [0, 0.05) is 37.6 Å². The highest BCUT2D eigenvalue weighted by Gasteiger charge is 2.03. The Kier molecular flexibility index (Phi) is 5.68. The van der Waals surface area contributed by atoms with Gasteiger partial charge in [0.05, 0.1) is 6.54 Å². The largest absolute Gasteiger partial charge is 0.355 e. The van der Waals surface area contributed by atoms with Crippen LogP contribution in [0.2, 0.25) is 0 Å². The van der Waals surface area contributed by atoms with Crippen LogP contribution in [0.15, 0.2) is 17.5 Å². The van der Waals surface area contributed by atoms with E-state index in [-0.39, 0.29) is 0 Å². The van der Waals surface area contributed by atoms with Gasteiger partial charge in [0.1, 0.15) is 17.2 Å². The highest BCUT2D eigenvalue weighted by molar-refractivity contribution is 7.11. The summed E-state index contributed by atoms with van der Waals surface area (Å²) in [6.45, 7) is 6.39. The lowest BCUT2D eigenvalue weighted by atomic mass is 10.4. The lowest BCUT2D eigenvalue weighted by Gasteiger charge is -2.11. The predicted octanol–water partition coefficient (Wildman–Crippen LogP) is 0.971. The lowest BCUT2D eigenvalue weighted by Crippen LogP contribution is -2.38. The first-order valence-corrected chi connectivity index (χ1v) is 7.77. The number of aliphatic imine (C=N–C) groups is 1. The molecule has 0 spiro atoms. The number of hydrogen-bond acceptors (Lipinski definition) is 5. The zero-order chi connectivity index (χ0) is 15.1. The summed E-state index contributed by atoms with van der Waals surface area (Å²) in [4.78, 5) is 9.74. The SMILES string of the molecule is CCc1nncn1CCNC(=NC)NCc1ncc(C)s1. The number of nitrogens with zero attached hydrogens (tertiary/aromatic N) is 5. The molecule has 0 radical (unpaired) electrons. The van der Waals surface area contributed by atoms with E-state index in [1.807, 2.05) is 10.8 Å². The molecule has 114 valence electrons. The number of aromatic nitrogens is 4. The second-order valence-corrected chi connectivity index (χ2v) is 5.83. The molecule has 0 amide bonds. The summed E-state index contributed by atoms with van der Waals surface area (Å²) in [7, 11) is 1.76. The molecule has 0 atom stereocenters. The molecule has 0 fully saturated rings. The first-order chi connectivity index (χ1) is 10.2. The number of guanidine groups is 1. The maximum absolute atomic E-state index is 4.32. The zero-order valence-corrected chi connectivity index (χ0v) is 13.4. The third-order valence-corrected chi connectivity index (χ3v) is 3.87. The van der Waals surface area contributed by atoms with Crippen molar-refractivity contribution in [3.63, 3.8) is 0 Å². The van der Waals surface area contributed by atoms with Crippen LogP contribution in [0.3, 0.4) is 0 Å². The standard InChI is InChI=1S/C13H21N7S/c1-4-11-19-18-9-20(11)6-5-15-13(14-3)17-8-12-16-7-10(2)21-12/h7,9H,4-6,8H2,1-3H3,(H2,14,15,17). The van der Waals surface area contributed by atoms with E-state index in [4.69, 9.17) is 0 Å². The van der Waals surface area contributed by atoms with Crippen LogP contribution in [0.1, 0.15) is 22.6 Å². The Hall–Kier alpha value is -1.96. The van der Waals surface area contributed by atoms with Crippen LogP contribution in [0, 0.1) is 6.92 Å². The summed E-state index contributed by atoms with van der Waals surface area (Å²) in [6, 6.07) is 0. The van der Waals surface area contributed by atoms with Gasteiger partial charge in [-0.25, -0.2) is 4.98 Å². The summed E-state index contributed by atoms with van der Waals surface area (Å²) in [5.74, 6) is 1.77. The van der Waals surface area contributed by atoms with Gasteiger partial charge in [-0.3, -0.25) is 4.99 Å². The Labute approximate surface area is 128 Å². The Morgan fingerprint density at radius 2 is 2.29 bits per heavy atom. The average molecular weight is 307 g/mol. The fourth-order valence-electron chi connectivity index (χ4n) is 1.90. The smallest absolute Gasteiger partial charge is 0.191 e. The molecule has 0 saturated carbocycles. The Balaban J connectivity index is 1.75. The summed E-state index contributed by atoms with van der Waals surface area (Å²) < 4.78 is 2.05. The van der Waals surface area contributed by atoms with E-state index in [2.05, 4.69) is 44.7 Å². The fourth-order valence-corrected chi connectivity index (χ4v) is 2.62. The molecule has 0 unspecified atom stereocenters. The van der Waals surface area contributed by atoms with Crippen molar-refractivity contribution < 1.29 is 0 Å². The predicted molar refractivity (Wildman–Crippen MR) is 84.5 cm³/mol. The van der Waals surface area contributed by atoms with E-state index in [0.29, 0.717) is 6.54 Å². The molecule has 2 N–H and O–H groups in total. The van der Waals surface area contributed by atoms with Crippen LogP contribution >= 0.6 is 11.3 Å². The first-order valence-electron chi connectivity index (χ1n) is 6.95. The quantitative estimate of drug-likeness (QED) is 0.614. The molecule has 0 bridgehead atoms. The molecule has 8 heteroatoms. The fraction of sp³-hybridized carbons (Fsp3) is 0.538. The summed E-state index contributed by atoms with van der Waals surface area (Å²) in [5.41, 5.74) is 0. The van der Waals surface area contributed by atoms with Gasteiger partial charge >= 0.3 is 0 Å². The van der Waals surface area contributed by atoms with E-state index in [1.165, 1.54) is 4.88 Å². The van der Waals surface area contributed by atoms with E-state index in [1.54, 1.807) is 24.7 Å². The Morgan fingerprint density at radius 1 is 1.43 bits per heavy atom. The molecule has 2 heterocycles. The topological polar surface area (TPSA) is 80.0 Å². The van der Waals surface area contributed by atoms with Crippen molar-refractivity contribution in [3.05, 3.63) is 28.2 Å². The molecule has 2 aromatic heterocycles. The number of aryl methyl sites for hydroxylation is 2. The number of hydrogen-bond donors (Lipinski definition) is 2. The average Bonchev–Trinajstić information content (AvgIpc) is 3.11. The van der Waals surface area contributed by atoms with Gasteiger partial charge in [0.15, 0.2) is 5.96 Å². The second-order valence-electron chi connectivity index (χ2n) is 4.51. The van der Waals surface area contributed by atoms with Crippen molar-refractivity contribution in [2.24, 2.45) is 4.99 Å². The van der Waals surface area contributed by atoms with Gasteiger partial charge < -0.3 is 15.2 Å². The summed E-state index contributed by atoms with van der Waals surface area (Å²) >= 11 is 1.69. The molecule has 2 aromatic rings. The van der Waals surface area contributed by atoms with Gasteiger partial charge in [-0.1, -0.05) is 6.92 Å². The highest BCUT2D eigenvalue weighted by Crippen LogP contribution is 2.10. The maximum Gasteiger partial charge on any atom is 0.191 e. The molecular formula is C13H21N7S. The van der Waals surface area contributed by atoms with E-state index < -0.39 is 0 Å². The van der Waals surface area contributed by atoms with Crippen LogP contribution in [0.5, 0.6) is 0 Å².